The van der Waals surface area contributed by atoms with E-state index >= 15 is 0 Å². The minimum absolute atomic E-state index is 0.108. The Kier molecular flexibility index (Phi) is 7.88. The Bertz CT molecular complexity index is 1650. The van der Waals surface area contributed by atoms with Crippen molar-refractivity contribution in [1.29, 1.82) is 0 Å². The Morgan fingerprint density at radius 3 is 2.59 bits per heavy atom. The smallest absolute Gasteiger partial charge is 0.335 e. The lowest BCUT2D eigenvalue weighted by molar-refractivity contribution is -0.0591. The molecule has 3 aromatic carbocycles. The highest BCUT2D eigenvalue weighted by molar-refractivity contribution is 6.30. The van der Waals surface area contributed by atoms with Crippen LogP contribution in [0.4, 0.5) is 8.78 Å². The lowest BCUT2D eigenvalue weighted by Crippen LogP contribution is -2.33. The maximum Gasteiger partial charge on any atom is 0.335 e. The second-order valence-corrected chi connectivity index (χ2v) is 11.1. The molecule has 6 rings (SSSR count). The molecular formula is C32H30ClF2N3O3. The van der Waals surface area contributed by atoms with Gasteiger partial charge in [0, 0.05) is 24.7 Å². The maximum absolute atomic E-state index is 14.6. The van der Waals surface area contributed by atoms with Gasteiger partial charge in [0.25, 0.3) is 0 Å². The summed E-state index contributed by atoms with van der Waals surface area (Å²) < 4.78 is 36.6. The first-order chi connectivity index (χ1) is 19.8. The minimum atomic E-state index is -0.962. The number of halogens is 3. The SMILES string of the molecule is O=C(O)c1ccc2nc(CN3CC=C(c4ccc(F)c(CCc5ccc(Cl)cc5F)c4)CC3)n(C[C@@H]3CCO3)c2c1. The topological polar surface area (TPSA) is 67.6 Å². The van der Waals surface area contributed by atoms with Crippen LogP contribution in [-0.2, 0) is 30.7 Å². The number of ether oxygens (including phenoxy) is 1. The van der Waals surface area contributed by atoms with Crippen LogP contribution in [0.15, 0.2) is 60.7 Å². The Labute approximate surface area is 241 Å². The number of carboxylic acids is 1. The molecule has 0 unspecified atom stereocenters. The van der Waals surface area contributed by atoms with Crippen LogP contribution in [0.1, 0.15) is 45.7 Å². The van der Waals surface area contributed by atoms with Crippen molar-refractivity contribution in [3.8, 4) is 0 Å². The maximum atomic E-state index is 14.6. The van der Waals surface area contributed by atoms with Gasteiger partial charge in [0.1, 0.15) is 17.5 Å². The second kappa shape index (κ2) is 11.7. The molecule has 1 fully saturated rings. The molecule has 2 aliphatic heterocycles. The average molecular weight is 578 g/mol. The molecule has 212 valence electrons. The van der Waals surface area contributed by atoms with Crippen molar-refractivity contribution in [3.63, 3.8) is 0 Å². The van der Waals surface area contributed by atoms with Crippen molar-refractivity contribution in [1.82, 2.24) is 14.5 Å². The molecule has 1 atom stereocenters. The molecule has 1 N–H and O–H groups in total. The summed E-state index contributed by atoms with van der Waals surface area (Å²) in [6.07, 6.45) is 4.83. The van der Waals surface area contributed by atoms with Crippen molar-refractivity contribution < 1.29 is 23.4 Å². The molecule has 6 nitrogen and oxygen atoms in total. The number of benzene rings is 3. The molecule has 4 aromatic rings. The predicted octanol–water partition coefficient (Wildman–Crippen LogP) is 6.53. The zero-order chi connectivity index (χ0) is 28.5. The fourth-order valence-electron chi connectivity index (χ4n) is 5.54. The Morgan fingerprint density at radius 2 is 1.88 bits per heavy atom. The molecule has 41 heavy (non-hydrogen) atoms. The van der Waals surface area contributed by atoms with E-state index in [4.69, 9.17) is 21.3 Å². The summed E-state index contributed by atoms with van der Waals surface area (Å²) in [5.74, 6) is -0.744. The number of imidazole rings is 1. The third-order valence-electron chi connectivity index (χ3n) is 8.01. The summed E-state index contributed by atoms with van der Waals surface area (Å²) in [6.45, 7) is 3.52. The van der Waals surface area contributed by atoms with E-state index in [1.54, 1.807) is 36.4 Å². The van der Waals surface area contributed by atoms with E-state index in [-0.39, 0.29) is 23.3 Å². The number of nitrogens with zero attached hydrogens (tertiary/aromatic N) is 3. The molecule has 0 amide bonds. The van der Waals surface area contributed by atoms with Gasteiger partial charge < -0.3 is 14.4 Å². The molecule has 1 aromatic heterocycles. The second-order valence-electron chi connectivity index (χ2n) is 10.7. The molecule has 0 aliphatic carbocycles. The first-order valence-electron chi connectivity index (χ1n) is 13.8. The highest BCUT2D eigenvalue weighted by atomic mass is 35.5. The van der Waals surface area contributed by atoms with Crippen LogP contribution >= 0.6 is 11.6 Å². The summed E-state index contributed by atoms with van der Waals surface area (Å²) in [5.41, 5.74) is 5.03. The summed E-state index contributed by atoms with van der Waals surface area (Å²) in [4.78, 5) is 18.7. The summed E-state index contributed by atoms with van der Waals surface area (Å²) in [7, 11) is 0. The standard InChI is InChI=1S/C32H30ClF2N3O3/c33-25-6-3-21(28(35)17-25)1-2-23-15-22(4-7-27(23)34)20-9-12-37(13-10-20)19-31-36-29-8-5-24(32(39)40)16-30(29)38(31)18-26-11-14-41-26/h3-9,15-17,26H,1-2,10-14,18-19H2,(H,39,40)/t26-/m0/s1. The van der Waals surface area contributed by atoms with E-state index < -0.39 is 5.97 Å². The van der Waals surface area contributed by atoms with Gasteiger partial charge in [-0.3, -0.25) is 4.90 Å². The van der Waals surface area contributed by atoms with Gasteiger partial charge in [-0.15, -0.1) is 0 Å². The number of aryl methyl sites for hydroxylation is 2. The van der Waals surface area contributed by atoms with E-state index in [2.05, 4.69) is 15.5 Å². The van der Waals surface area contributed by atoms with Crippen LogP contribution in [0.2, 0.25) is 5.02 Å². The summed E-state index contributed by atoms with van der Waals surface area (Å²) >= 11 is 5.85. The van der Waals surface area contributed by atoms with Crippen LogP contribution < -0.4 is 0 Å². The zero-order valence-corrected chi connectivity index (χ0v) is 23.2. The molecule has 0 radical (unpaired) electrons. The largest absolute Gasteiger partial charge is 0.478 e. The monoisotopic (exact) mass is 577 g/mol. The van der Waals surface area contributed by atoms with Gasteiger partial charge in [-0.05, 0) is 90.4 Å². The normalized spacial score (nSPS) is 17.4. The molecule has 9 heteroatoms. The highest BCUT2D eigenvalue weighted by Crippen LogP contribution is 2.28. The number of carbonyl (C=O) groups is 1. The predicted molar refractivity (Wildman–Crippen MR) is 154 cm³/mol. The van der Waals surface area contributed by atoms with E-state index in [9.17, 15) is 18.7 Å². The van der Waals surface area contributed by atoms with Gasteiger partial charge in [-0.1, -0.05) is 29.8 Å². The van der Waals surface area contributed by atoms with Crippen LogP contribution in [0.5, 0.6) is 0 Å². The van der Waals surface area contributed by atoms with Gasteiger partial charge in [0.15, 0.2) is 0 Å². The summed E-state index contributed by atoms with van der Waals surface area (Å²) in [6, 6.07) is 14.8. The number of aromatic carboxylic acids is 1. The lowest BCUT2D eigenvalue weighted by atomic mass is 9.95. The average Bonchev–Trinajstić information content (AvgIpc) is 3.27. The summed E-state index contributed by atoms with van der Waals surface area (Å²) in [5, 5.41) is 9.83. The van der Waals surface area contributed by atoms with Gasteiger partial charge in [-0.2, -0.15) is 0 Å². The molecule has 0 saturated carbocycles. The number of rotatable bonds is 9. The number of carboxylic acid groups (broad SMARTS) is 1. The first-order valence-corrected chi connectivity index (χ1v) is 14.2. The van der Waals surface area contributed by atoms with Gasteiger partial charge in [0.05, 0.1) is 35.8 Å². The van der Waals surface area contributed by atoms with Gasteiger partial charge >= 0.3 is 5.97 Å². The molecule has 2 aliphatic rings. The van der Waals surface area contributed by atoms with Crippen molar-refractivity contribution in [2.75, 3.05) is 19.7 Å². The Morgan fingerprint density at radius 1 is 1.05 bits per heavy atom. The minimum Gasteiger partial charge on any atom is -0.478 e. The number of hydrogen-bond acceptors (Lipinski definition) is 4. The number of hydrogen-bond donors (Lipinski definition) is 1. The Balaban J connectivity index is 1.17. The number of aromatic nitrogens is 2. The quantitative estimate of drug-likeness (QED) is 0.245. The van der Waals surface area contributed by atoms with Crippen molar-refractivity contribution >= 4 is 34.2 Å². The highest BCUT2D eigenvalue weighted by Gasteiger charge is 2.24. The van der Waals surface area contributed by atoms with E-state index in [0.717, 1.165) is 54.0 Å². The van der Waals surface area contributed by atoms with Crippen molar-refractivity contribution in [3.05, 3.63) is 105 Å². The van der Waals surface area contributed by atoms with Crippen LogP contribution in [-0.4, -0.2) is 51.3 Å². The van der Waals surface area contributed by atoms with Crippen LogP contribution in [0, 0.1) is 11.6 Å². The van der Waals surface area contributed by atoms with Crippen LogP contribution in [0.25, 0.3) is 16.6 Å². The number of fused-ring (bicyclic) bond motifs is 1. The van der Waals surface area contributed by atoms with Crippen molar-refractivity contribution in [2.45, 2.75) is 44.9 Å². The molecule has 3 heterocycles. The lowest BCUT2D eigenvalue weighted by Gasteiger charge is -2.29. The molecule has 0 bridgehead atoms. The van der Waals surface area contributed by atoms with E-state index in [1.165, 1.54) is 12.1 Å². The third-order valence-corrected chi connectivity index (χ3v) is 8.24. The van der Waals surface area contributed by atoms with E-state index in [1.807, 2.05) is 6.07 Å². The zero-order valence-electron chi connectivity index (χ0n) is 22.5. The van der Waals surface area contributed by atoms with Gasteiger partial charge in [-0.25, -0.2) is 18.6 Å². The first kappa shape index (κ1) is 27.6. The van der Waals surface area contributed by atoms with E-state index in [0.29, 0.717) is 48.6 Å². The third kappa shape index (κ3) is 6.05. The van der Waals surface area contributed by atoms with Gasteiger partial charge in [0.2, 0.25) is 0 Å². The molecule has 1 saturated heterocycles. The fraction of sp³-hybridized carbons (Fsp3) is 0.312. The fourth-order valence-corrected chi connectivity index (χ4v) is 5.70. The molecular weight excluding hydrogens is 548 g/mol. The Hall–Kier alpha value is -3.59. The molecule has 0 spiro atoms. The van der Waals surface area contributed by atoms with Crippen LogP contribution in [0.3, 0.4) is 0 Å². The van der Waals surface area contributed by atoms with Crippen molar-refractivity contribution in [2.24, 2.45) is 0 Å².